The van der Waals surface area contributed by atoms with Crippen molar-refractivity contribution in [2.24, 2.45) is 5.92 Å². The van der Waals surface area contributed by atoms with Gasteiger partial charge in [0.05, 0.1) is 6.54 Å². The lowest BCUT2D eigenvalue weighted by Gasteiger charge is -2.44. The van der Waals surface area contributed by atoms with E-state index in [0.29, 0.717) is 13.0 Å². The number of amides is 2. The fourth-order valence-electron chi connectivity index (χ4n) is 3.12. The average molecular weight is 307 g/mol. The summed E-state index contributed by atoms with van der Waals surface area (Å²) in [7, 11) is 0. The van der Waals surface area contributed by atoms with Crippen molar-refractivity contribution in [2.75, 3.05) is 0 Å². The van der Waals surface area contributed by atoms with Crippen LogP contribution in [-0.4, -0.2) is 33.3 Å². The van der Waals surface area contributed by atoms with Gasteiger partial charge in [-0.05, 0) is 39.0 Å². The highest BCUT2D eigenvalue weighted by Gasteiger charge is 2.55. The standard InChI is InChI=1S/C15H21N3O2S/c1-4-11-13(19)17-15(3,10-5-6-10)14(20)18(11)7-12-16-9(2)8-21-12/h8,10-11H,4-7H2,1-3H3,(H,17,19). The normalized spacial score (nSPS) is 29.7. The second-order valence-corrected chi connectivity index (χ2v) is 7.15. The molecule has 21 heavy (non-hydrogen) atoms. The maximum atomic E-state index is 12.9. The Morgan fingerprint density at radius 3 is 2.71 bits per heavy atom. The number of piperazine rings is 1. The number of aromatic nitrogens is 1. The Morgan fingerprint density at radius 2 is 2.19 bits per heavy atom. The van der Waals surface area contributed by atoms with Crippen molar-refractivity contribution in [1.29, 1.82) is 0 Å². The predicted molar refractivity (Wildman–Crippen MR) is 80.8 cm³/mol. The van der Waals surface area contributed by atoms with Crippen LogP contribution in [0.5, 0.6) is 0 Å². The van der Waals surface area contributed by atoms with Crippen molar-refractivity contribution >= 4 is 23.2 Å². The van der Waals surface area contributed by atoms with Crippen LogP contribution in [0.2, 0.25) is 0 Å². The molecule has 2 amide bonds. The van der Waals surface area contributed by atoms with Crippen LogP contribution < -0.4 is 5.32 Å². The smallest absolute Gasteiger partial charge is 0.249 e. The monoisotopic (exact) mass is 307 g/mol. The van der Waals surface area contributed by atoms with Gasteiger partial charge in [-0.25, -0.2) is 4.98 Å². The molecule has 1 aliphatic carbocycles. The third kappa shape index (κ3) is 2.46. The molecule has 1 N–H and O–H groups in total. The van der Waals surface area contributed by atoms with E-state index in [1.54, 1.807) is 16.2 Å². The molecule has 2 aliphatic rings. The highest BCUT2D eigenvalue weighted by Crippen LogP contribution is 2.42. The fourth-order valence-corrected chi connectivity index (χ4v) is 3.89. The molecule has 0 bridgehead atoms. The molecule has 2 atom stereocenters. The first-order chi connectivity index (χ1) is 9.95. The maximum Gasteiger partial charge on any atom is 0.249 e. The van der Waals surface area contributed by atoms with Crippen molar-refractivity contribution in [3.05, 3.63) is 16.1 Å². The van der Waals surface area contributed by atoms with Gasteiger partial charge in [0.15, 0.2) is 0 Å². The Labute approximate surface area is 128 Å². The molecule has 3 rings (SSSR count). The Hall–Kier alpha value is -1.43. The third-order valence-corrected chi connectivity index (χ3v) is 5.47. The number of carbonyl (C=O) groups is 2. The highest BCUT2D eigenvalue weighted by atomic mass is 32.1. The lowest BCUT2D eigenvalue weighted by atomic mass is 9.89. The molecule has 1 saturated carbocycles. The summed E-state index contributed by atoms with van der Waals surface area (Å²) in [6, 6.07) is -0.381. The third-order valence-electron chi connectivity index (χ3n) is 4.52. The van der Waals surface area contributed by atoms with Crippen molar-refractivity contribution in [3.8, 4) is 0 Å². The Morgan fingerprint density at radius 1 is 1.48 bits per heavy atom. The Bertz CT molecular complexity index is 581. The molecule has 2 unspecified atom stereocenters. The molecule has 2 fully saturated rings. The van der Waals surface area contributed by atoms with Crippen LogP contribution in [0.25, 0.3) is 0 Å². The first kappa shape index (κ1) is 14.5. The largest absolute Gasteiger partial charge is 0.340 e. The van der Waals surface area contributed by atoms with Crippen LogP contribution in [0.15, 0.2) is 5.38 Å². The van der Waals surface area contributed by atoms with E-state index in [4.69, 9.17) is 0 Å². The minimum atomic E-state index is -0.727. The highest BCUT2D eigenvalue weighted by molar-refractivity contribution is 7.09. The van der Waals surface area contributed by atoms with Gasteiger partial charge in [-0.2, -0.15) is 0 Å². The van der Waals surface area contributed by atoms with Crippen molar-refractivity contribution in [3.63, 3.8) is 0 Å². The van der Waals surface area contributed by atoms with E-state index in [0.717, 1.165) is 23.5 Å². The molecule has 114 valence electrons. The molecular weight excluding hydrogens is 286 g/mol. The molecule has 1 aromatic heterocycles. The van der Waals surface area contributed by atoms with E-state index < -0.39 is 5.54 Å². The summed E-state index contributed by atoms with van der Waals surface area (Å²) in [5.41, 5.74) is 0.233. The van der Waals surface area contributed by atoms with Crippen LogP contribution in [0, 0.1) is 12.8 Å². The van der Waals surface area contributed by atoms with E-state index in [9.17, 15) is 9.59 Å². The lowest BCUT2D eigenvalue weighted by Crippen LogP contribution is -2.69. The number of nitrogens with one attached hydrogen (secondary N) is 1. The maximum absolute atomic E-state index is 12.9. The average Bonchev–Trinajstić information content (AvgIpc) is 3.21. The molecular formula is C15H21N3O2S. The summed E-state index contributed by atoms with van der Waals surface area (Å²) in [4.78, 5) is 31.5. The summed E-state index contributed by atoms with van der Waals surface area (Å²) in [6.45, 7) is 6.19. The Balaban J connectivity index is 1.89. The lowest BCUT2D eigenvalue weighted by molar-refractivity contribution is -0.156. The van der Waals surface area contributed by atoms with Crippen LogP contribution in [0.1, 0.15) is 43.8 Å². The minimum Gasteiger partial charge on any atom is -0.340 e. The first-order valence-electron chi connectivity index (χ1n) is 7.49. The molecule has 5 nitrogen and oxygen atoms in total. The summed E-state index contributed by atoms with van der Waals surface area (Å²) in [6.07, 6.45) is 2.66. The first-order valence-corrected chi connectivity index (χ1v) is 8.37. The van der Waals surface area contributed by atoms with Gasteiger partial charge in [0.2, 0.25) is 11.8 Å². The van der Waals surface area contributed by atoms with E-state index in [1.807, 2.05) is 26.2 Å². The molecule has 6 heteroatoms. The van der Waals surface area contributed by atoms with Gasteiger partial charge in [-0.1, -0.05) is 6.92 Å². The van der Waals surface area contributed by atoms with Crippen molar-refractivity contribution in [1.82, 2.24) is 15.2 Å². The number of rotatable bonds is 4. The van der Waals surface area contributed by atoms with E-state index in [2.05, 4.69) is 10.3 Å². The molecule has 0 aromatic carbocycles. The summed E-state index contributed by atoms with van der Waals surface area (Å²) in [5.74, 6) is 0.302. The molecule has 1 saturated heterocycles. The van der Waals surface area contributed by atoms with Gasteiger partial charge in [-0.15, -0.1) is 11.3 Å². The second kappa shape index (κ2) is 5.09. The number of nitrogens with zero attached hydrogens (tertiary/aromatic N) is 2. The molecule has 1 aromatic rings. The number of carbonyl (C=O) groups excluding carboxylic acids is 2. The quantitative estimate of drug-likeness (QED) is 0.923. The number of aryl methyl sites for hydroxylation is 1. The number of hydrogen-bond acceptors (Lipinski definition) is 4. The van der Waals surface area contributed by atoms with Crippen molar-refractivity contribution < 1.29 is 9.59 Å². The van der Waals surface area contributed by atoms with Gasteiger partial charge < -0.3 is 10.2 Å². The summed E-state index contributed by atoms with van der Waals surface area (Å²) in [5, 5.41) is 5.85. The fraction of sp³-hybridized carbons (Fsp3) is 0.667. The molecule has 1 aliphatic heterocycles. The zero-order valence-corrected chi connectivity index (χ0v) is 13.5. The van der Waals surface area contributed by atoms with E-state index in [-0.39, 0.29) is 23.8 Å². The van der Waals surface area contributed by atoms with Crippen LogP contribution in [0.4, 0.5) is 0 Å². The van der Waals surface area contributed by atoms with Crippen molar-refractivity contribution in [2.45, 2.75) is 58.2 Å². The van der Waals surface area contributed by atoms with Crippen LogP contribution in [-0.2, 0) is 16.1 Å². The molecule has 0 radical (unpaired) electrons. The van der Waals surface area contributed by atoms with E-state index in [1.165, 1.54) is 0 Å². The summed E-state index contributed by atoms with van der Waals surface area (Å²) >= 11 is 1.55. The van der Waals surface area contributed by atoms with Gasteiger partial charge in [0, 0.05) is 11.1 Å². The van der Waals surface area contributed by atoms with Gasteiger partial charge >= 0.3 is 0 Å². The zero-order chi connectivity index (χ0) is 15.2. The molecule has 0 spiro atoms. The van der Waals surface area contributed by atoms with E-state index >= 15 is 0 Å². The van der Waals surface area contributed by atoms with Gasteiger partial charge in [0.1, 0.15) is 16.6 Å². The molecule has 2 heterocycles. The van der Waals surface area contributed by atoms with Crippen LogP contribution in [0.3, 0.4) is 0 Å². The SMILES string of the molecule is CCC1C(=O)NC(C)(C2CC2)C(=O)N1Cc1nc(C)cs1. The van der Waals surface area contributed by atoms with Crippen LogP contribution >= 0.6 is 11.3 Å². The second-order valence-electron chi connectivity index (χ2n) is 6.21. The minimum absolute atomic E-state index is 0.0280. The number of hydrogen-bond donors (Lipinski definition) is 1. The zero-order valence-electron chi connectivity index (χ0n) is 12.7. The predicted octanol–water partition coefficient (Wildman–Crippen LogP) is 1.86. The topological polar surface area (TPSA) is 62.3 Å². The Kier molecular flexibility index (Phi) is 3.51. The van der Waals surface area contributed by atoms with Gasteiger partial charge in [-0.3, -0.25) is 9.59 Å². The summed E-state index contributed by atoms with van der Waals surface area (Å²) < 4.78 is 0. The number of thiazole rings is 1. The van der Waals surface area contributed by atoms with Gasteiger partial charge in [0.25, 0.3) is 0 Å².